The molecule has 0 aliphatic rings. The van der Waals surface area contributed by atoms with Crippen molar-refractivity contribution in [2.75, 3.05) is 6.54 Å². The quantitative estimate of drug-likeness (QED) is 0.786. The third kappa shape index (κ3) is 5.02. The van der Waals surface area contributed by atoms with Crippen molar-refractivity contribution in [1.29, 1.82) is 5.26 Å². The first-order chi connectivity index (χ1) is 7.32. The Labute approximate surface area is 98.6 Å². The molecular weight excluding hydrogens is 291 g/mol. The minimum atomic E-state index is -4.79. The predicted octanol–water partition coefficient (Wildman–Crippen LogP) is 2.39. The molecule has 0 heterocycles. The zero-order valence-corrected chi connectivity index (χ0v) is 9.87. The Morgan fingerprint density at radius 2 is 2.06 bits per heavy atom. The largest absolute Gasteiger partial charge is 0.433 e. The van der Waals surface area contributed by atoms with Crippen molar-refractivity contribution in [3.63, 3.8) is 0 Å². The first-order valence-electron chi connectivity index (χ1n) is 4.24. The number of nitrogens with one attached hydrogen (secondary N) is 2. The molecule has 0 atom stereocenters. The number of halogens is 4. The van der Waals surface area contributed by atoms with Crippen molar-refractivity contribution in [3.8, 4) is 6.07 Å². The molecule has 0 aromatic carbocycles. The number of carbonyl (C=O) groups excluding carboxylic acids is 1. The lowest BCUT2D eigenvalue weighted by Crippen LogP contribution is -2.39. The van der Waals surface area contributed by atoms with Gasteiger partial charge in [-0.3, -0.25) is 0 Å². The van der Waals surface area contributed by atoms with Crippen LogP contribution in [0.2, 0.25) is 0 Å². The van der Waals surface area contributed by atoms with Crippen LogP contribution in [-0.4, -0.2) is 18.8 Å². The number of carbonyl (C=O) groups is 1. The molecule has 4 nitrogen and oxygen atoms in total. The maximum Gasteiger partial charge on any atom is 0.433 e. The van der Waals surface area contributed by atoms with Gasteiger partial charge < -0.3 is 10.6 Å². The first kappa shape index (κ1) is 14.8. The molecule has 0 bridgehead atoms. The molecule has 0 radical (unpaired) electrons. The lowest BCUT2D eigenvalue weighted by Gasteiger charge is -2.13. The van der Waals surface area contributed by atoms with E-state index in [1.54, 1.807) is 12.2 Å². The van der Waals surface area contributed by atoms with Crippen LogP contribution < -0.4 is 10.6 Å². The standard InChI is InChI=1S/C8H9BrF3N3O/c1-2-3-14-7(16)15-6(5(9)4-13)8(10,11)12/h2-3H2,1H3,(H2,14,15,16). The van der Waals surface area contributed by atoms with Gasteiger partial charge in [0.05, 0.1) is 0 Å². The summed E-state index contributed by atoms with van der Waals surface area (Å²) in [5, 5.41) is 12.1. The van der Waals surface area contributed by atoms with Crippen molar-refractivity contribution >= 4 is 22.0 Å². The van der Waals surface area contributed by atoms with Crippen LogP contribution in [-0.2, 0) is 0 Å². The van der Waals surface area contributed by atoms with Crippen LogP contribution in [0.4, 0.5) is 18.0 Å². The van der Waals surface area contributed by atoms with Crippen LogP contribution in [0.1, 0.15) is 13.3 Å². The fourth-order valence-electron chi connectivity index (χ4n) is 0.702. The van der Waals surface area contributed by atoms with Crippen molar-refractivity contribution < 1.29 is 18.0 Å². The summed E-state index contributed by atoms with van der Waals surface area (Å²) in [6.45, 7) is 2.01. The van der Waals surface area contributed by atoms with Gasteiger partial charge in [-0.25, -0.2) is 4.79 Å². The number of alkyl halides is 3. The molecule has 0 aliphatic carbocycles. The van der Waals surface area contributed by atoms with Crippen LogP contribution >= 0.6 is 15.9 Å². The van der Waals surface area contributed by atoms with Crippen LogP contribution in [0.3, 0.4) is 0 Å². The Balaban J connectivity index is 4.74. The summed E-state index contributed by atoms with van der Waals surface area (Å²) in [7, 11) is 0. The van der Waals surface area contributed by atoms with Gasteiger partial charge in [0.15, 0.2) is 0 Å². The van der Waals surface area contributed by atoms with Crippen molar-refractivity contribution in [2.24, 2.45) is 0 Å². The molecule has 0 aromatic rings. The van der Waals surface area contributed by atoms with Gasteiger partial charge in [-0.2, -0.15) is 18.4 Å². The van der Waals surface area contributed by atoms with E-state index in [1.165, 1.54) is 6.07 Å². The Kier molecular flexibility index (Phi) is 5.88. The summed E-state index contributed by atoms with van der Waals surface area (Å²) in [6.07, 6.45) is -4.20. The van der Waals surface area contributed by atoms with E-state index in [0.29, 0.717) is 6.42 Å². The Hall–Kier alpha value is -1.23. The van der Waals surface area contributed by atoms with Crippen molar-refractivity contribution in [2.45, 2.75) is 19.5 Å². The monoisotopic (exact) mass is 299 g/mol. The molecular formula is C8H9BrF3N3O. The van der Waals surface area contributed by atoms with Gasteiger partial charge in [-0.1, -0.05) is 6.92 Å². The van der Waals surface area contributed by atoms with E-state index in [0.717, 1.165) is 0 Å². The van der Waals surface area contributed by atoms with Gasteiger partial charge >= 0.3 is 12.2 Å². The molecule has 2 amide bonds. The number of nitriles is 1. The predicted molar refractivity (Wildman–Crippen MR) is 54.4 cm³/mol. The first-order valence-corrected chi connectivity index (χ1v) is 5.04. The van der Waals surface area contributed by atoms with E-state index >= 15 is 0 Å². The second kappa shape index (κ2) is 6.37. The van der Waals surface area contributed by atoms with Crippen molar-refractivity contribution in [3.05, 3.63) is 10.2 Å². The van der Waals surface area contributed by atoms with Gasteiger partial charge in [-0.05, 0) is 22.4 Å². The number of amides is 2. The summed E-state index contributed by atoms with van der Waals surface area (Å²) in [5.41, 5.74) is -1.41. The van der Waals surface area contributed by atoms with E-state index in [2.05, 4.69) is 21.2 Å². The fraction of sp³-hybridized carbons (Fsp3) is 0.500. The summed E-state index contributed by atoms with van der Waals surface area (Å²) in [6, 6.07) is 0.268. The maximum absolute atomic E-state index is 12.4. The van der Waals surface area contributed by atoms with Crippen LogP contribution in [0.25, 0.3) is 0 Å². The molecule has 0 fully saturated rings. The lowest BCUT2D eigenvalue weighted by molar-refractivity contribution is -0.0955. The minimum Gasteiger partial charge on any atom is -0.338 e. The number of rotatable bonds is 3. The zero-order valence-electron chi connectivity index (χ0n) is 8.28. The van der Waals surface area contributed by atoms with E-state index in [1.807, 2.05) is 0 Å². The fourth-order valence-corrected chi connectivity index (χ4v) is 1.03. The molecule has 0 saturated heterocycles. The van der Waals surface area contributed by atoms with Gasteiger partial charge in [0.1, 0.15) is 16.2 Å². The molecule has 0 unspecified atom stereocenters. The van der Waals surface area contributed by atoms with Crippen LogP contribution in [0, 0.1) is 11.3 Å². The highest BCUT2D eigenvalue weighted by molar-refractivity contribution is 9.12. The van der Waals surface area contributed by atoms with Crippen LogP contribution in [0.15, 0.2) is 10.2 Å². The highest BCUT2D eigenvalue weighted by Crippen LogP contribution is 2.28. The number of hydrogen-bond acceptors (Lipinski definition) is 2. The molecule has 0 aliphatic heterocycles. The van der Waals surface area contributed by atoms with Crippen molar-refractivity contribution in [1.82, 2.24) is 10.6 Å². The van der Waals surface area contributed by atoms with Gasteiger partial charge in [0, 0.05) is 6.54 Å². The van der Waals surface area contributed by atoms with Gasteiger partial charge in [-0.15, -0.1) is 0 Å². The second-order valence-corrected chi connectivity index (χ2v) is 3.47. The van der Waals surface area contributed by atoms with E-state index in [-0.39, 0.29) is 6.54 Å². The molecule has 0 aromatic heterocycles. The second-order valence-electron chi connectivity index (χ2n) is 2.68. The lowest BCUT2D eigenvalue weighted by atomic mass is 10.4. The SMILES string of the molecule is CCCNC(=O)NC(=C(Br)C#N)C(F)(F)F. The Bertz CT molecular complexity index is 332. The third-order valence-corrected chi connectivity index (χ3v) is 1.95. The maximum atomic E-state index is 12.4. The number of hydrogen-bond donors (Lipinski definition) is 2. The smallest absolute Gasteiger partial charge is 0.338 e. The topological polar surface area (TPSA) is 64.9 Å². The Morgan fingerprint density at radius 1 is 1.50 bits per heavy atom. The number of urea groups is 1. The summed E-state index contributed by atoms with van der Waals surface area (Å²) in [4.78, 5) is 11.0. The molecule has 2 N–H and O–H groups in total. The molecule has 16 heavy (non-hydrogen) atoms. The Morgan fingerprint density at radius 3 is 2.44 bits per heavy atom. The third-order valence-electron chi connectivity index (χ3n) is 1.38. The highest BCUT2D eigenvalue weighted by Gasteiger charge is 2.37. The van der Waals surface area contributed by atoms with Gasteiger partial charge in [0.2, 0.25) is 0 Å². The molecule has 0 rings (SSSR count). The average Bonchev–Trinajstić information content (AvgIpc) is 2.20. The number of nitrogens with zero attached hydrogens (tertiary/aromatic N) is 1. The molecule has 8 heteroatoms. The van der Waals surface area contributed by atoms with Crippen LogP contribution in [0.5, 0.6) is 0 Å². The van der Waals surface area contributed by atoms with Gasteiger partial charge in [0.25, 0.3) is 0 Å². The zero-order chi connectivity index (χ0) is 12.8. The summed E-state index contributed by atoms with van der Waals surface area (Å²) >= 11 is 2.43. The summed E-state index contributed by atoms with van der Waals surface area (Å²) in [5.74, 6) is 0. The minimum absolute atomic E-state index is 0.251. The summed E-state index contributed by atoms with van der Waals surface area (Å²) < 4.78 is 36.3. The molecule has 90 valence electrons. The highest BCUT2D eigenvalue weighted by atomic mass is 79.9. The average molecular weight is 300 g/mol. The normalized spacial score (nSPS) is 12.5. The van der Waals surface area contributed by atoms with E-state index in [9.17, 15) is 18.0 Å². The number of allylic oxidation sites excluding steroid dienone is 2. The molecule has 0 spiro atoms. The van der Waals surface area contributed by atoms with E-state index < -0.39 is 22.4 Å². The molecule has 0 saturated carbocycles. The van der Waals surface area contributed by atoms with E-state index in [4.69, 9.17) is 5.26 Å².